The lowest BCUT2D eigenvalue weighted by molar-refractivity contribution is -0.384. The van der Waals surface area contributed by atoms with E-state index >= 15 is 0 Å². The van der Waals surface area contributed by atoms with Crippen molar-refractivity contribution < 1.29 is 9.72 Å². The van der Waals surface area contributed by atoms with Crippen LogP contribution >= 0.6 is 15.9 Å². The summed E-state index contributed by atoms with van der Waals surface area (Å²) in [5, 5.41) is 13.8. The van der Waals surface area contributed by atoms with Crippen molar-refractivity contribution in [1.82, 2.24) is 4.98 Å². The highest BCUT2D eigenvalue weighted by atomic mass is 79.9. The molecule has 1 amide bonds. The minimum absolute atomic E-state index is 0.102. The number of anilines is 2. The van der Waals surface area contributed by atoms with Gasteiger partial charge >= 0.3 is 0 Å². The third-order valence-corrected chi connectivity index (χ3v) is 4.57. The number of pyridine rings is 1. The highest BCUT2D eigenvalue weighted by Crippen LogP contribution is 2.28. The lowest BCUT2D eigenvalue weighted by Gasteiger charge is -2.30. The molecule has 1 aromatic heterocycles. The maximum absolute atomic E-state index is 12.7. The number of halogens is 1. The van der Waals surface area contributed by atoms with Crippen LogP contribution in [-0.4, -0.2) is 28.9 Å². The molecule has 1 aliphatic heterocycles. The van der Waals surface area contributed by atoms with Gasteiger partial charge in [0, 0.05) is 35.9 Å². The van der Waals surface area contributed by atoms with E-state index in [1.165, 1.54) is 12.1 Å². The van der Waals surface area contributed by atoms with Crippen LogP contribution < -0.4 is 10.2 Å². The number of aromatic nitrogens is 1. The number of nitrogens with zero attached hydrogens (tertiary/aromatic N) is 3. The Hall–Kier alpha value is -2.48. The fourth-order valence-electron chi connectivity index (χ4n) is 2.86. The lowest BCUT2D eigenvalue weighted by atomic mass is 10.1. The fraction of sp³-hybridized carbons (Fsp3) is 0.294. The van der Waals surface area contributed by atoms with Crippen LogP contribution in [-0.2, 0) is 0 Å². The first-order chi connectivity index (χ1) is 12.0. The van der Waals surface area contributed by atoms with E-state index in [0.29, 0.717) is 11.4 Å². The van der Waals surface area contributed by atoms with Gasteiger partial charge in [0.15, 0.2) is 0 Å². The highest BCUT2D eigenvalue weighted by Gasteiger charge is 2.22. The summed E-state index contributed by atoms with van der Waals surface area (Å²) >= 11 is 3.29. The third kappa shape index (κ3) is 4.14. The molecule has 0 spiro atoms. The predicted octanol–water partition coefficient (Wildman–Crippen LogP) is 3.99. The number of nitro benzene ring substituents is 1. The normalized spacial score (nSPS) is 14.2. The summed E-state index contributed by atoms with van der Waals surface area (Å²) in [6.07, 6.45) is 4.83. The van der Waals surface area contributed by atoms with Crippen molar-refractivity contribution in [2.24, 2.45) is 0 Å². The van der Waals surface area contributed by atoms with E-state index < -0.39 is 10.8 Å². The smallest absolute Gasteiger partial charge is 0.270 e. The van der Waals surface area contributed by atoms with E-state index in [1.807, 2.05) is 0 Å². The summed E-state index contributed by atoms with van der Waals surface area (Å²) in [4.78, 5) is 29.6. The zero-order valence-corrected chi connectivity index (χ0v) is 15.0. The van der Waals surface area contributed by atoms with E-state index in [9.17, 15) is 14.9 Å². The van der Waals surface area contributed by atoms with Gasteiger partial charge in [0.1, 0.15) is 5.82 Å². The van der Waals surface area contributed by atoms with Gasteiger partial charge in [-0.1, -0.05) is 0 Å². The standard InChI is InChI=1S/C17H17BrN4O3/c18-12-4-7-16(19-11-12)20-17(23)14-10-13(22(24)25)5-6-15(14)21-8-2-1-3-9-21/h4-7,10-11H,1-3,8-9H2,(H,19,20,23). The van der Waals surface area contributed by atoms with Gasteiger partial charge in [-0.05, 0) is 53.4 Å². The molecule has 0 bridgehead atoms. The molecule has 0 unspecified atom stereocenters. The molecule has 1 aromatic carbocycles. The molecule has 1 N–H and O–H groups in total. The minimum Gasteiger partial charge on any atom is -0.371 e. The molecule has 1 saturated heterocycles. The first kappa shape index (κ1) is 17.3. The van der Waals surface area contributed by atoms with Crippen LogP contribution in [0, 0.1) is 10.1 Å². The number of nitro groups is 1. The second-order valence-electron chi connectivity index (χ2n) is 5.82. The third-order valence-electron chi connectivity index (χ3n) is 4.10. The van der Waals surface area contributed by atoms with E-state index in [-0.39, 0.29) is 5.69 Å². The Balaban J connectivity index is 1.92. The second kappa shape index (κ2) is 7.60. The molecule has 2 heterocycles. The Labute approximate surface area is 153 Å². The van der Waals surface area contributed by atoms with E-state index in [2.05, 4.69) is 31.1 Å². The summed E-state index contributed by atoms with van der Waals surface area (Å²) in [7, 11) is 0. The maximum atomic E-state index is 12.7. The first-order valence-corrected chi connectivity index (χ1v) is 8.80. The molecule has 1 aliphatic rings. The molecular weight excluding hydrogens is 388 g/mol. The molecule has 7 nitrogen and oxygen atoms in total. The van der Waals surface area contributed by atoms with Crippen LogP contribution in [0.5, 0.6) is 0 Å². The van der Waals surface area contributed by atoms with Crippen molar-refractivity contribution in [3.8, 4) is 0 Å². The molecular formula is C17H17BrN4O3. The van der Waals surface area contributed by atoms with Crippen molar-refractivity contribution in [2.75, 3.05) is 23.3 Å². The number of rotatable bonds is 4. The SMILES string of the molecule is O=C(Nc1ccc(Br)cn1)c1cc([N+](=O)[O-])ccc1N1CCCCC1. The topological polar surface area (TPSA) is 88.4 Å². The average Bonchev–Trinajstić information content (AvgIpc) is 2.63. The predicted molar refractivity (Wildman–Crippen MR) is 99.1 cm³/mol. The van der Waals surface area contributed by atoms with Crippen LogP contribution in [0.2, 0.25) is 0 Å². The van der Waals surface area contributed by atoms with Crippen molar-refractivity contribution in [3.63, 3.8) is 0 Å². The maximum Gasteiger partial charge on any atom is 0.270 e. The zero-order valence-electron chi connectivity index (χ0n) is 13.4. The molecule has 0 radical (unpaired) electrons. The lowest BCUT2D eigenvalue weighted by Crippen LogP contribution is -2.31. The van der Waals surface area contributed by atoms with E-state index in [4.69, 9.17) is 0 Å². The number of carbonyl (C=O) groups excluding carboxylic acids is 1. The quantitative estimate of drug-likeness (QED) is 0.614. The van der Waals surface area contributed by atoms with Gasteiger partial charge in [0.2, 0.25) is 0 Å². The Morgan fingerprint density at radius 2 is 1.96 bits per heavy atom. The number of hydrogen-bond donors (Lipinski definition) is 1. The number of hydrogen-bond acceptors (Lipinski definition) is 5. The molecule has 2 aromatic rings. The summed E-state index contributed by atoms with van der Waals surface area (Å²) < 4.78 is 0.801. The molecule has 25 heavy (non-hydrogen) atoms. The Bertz CT molecular complexity index is 789. The molecule has 130 valence electrons. The largest absolute Gasteiger partial charge is 0.371 e. The van der Waals surface area contributed by atoms with Crippen molar-refractivity contribution in [1.29, 1.82) is 0 Å². The Morgan fingerprint density at radius 1 is 1.20 bits per heavy atom. The summed E-state index contributed by atoms with van der Waals surface area (Å²) in [5.41, 5.74) is 0.912. The summed E-state index contributed by atoms with van der Waals surface area (Å²) in [5.74, 6) is -0.0107. The number of amides is 1. The molecule has 0 saturated carbocycles. The van der Waals surface area contributed by atoms with Gasteiger partial charge in [-0.15, -0.1) is 0 Å². The van der Waals surface area contributed by atoms with Crippen LogP contribution in [0.3, 0.4) is 0 Å². The van der Waals surface area contributed by atoms with Gasteiger partial charge in [-0.2, -0.15) is 0 Å². The van der Waals surface area contributed by atoms with Crippen molar-refractivity contribution in [3.05, 3.63) is 56.7 Å². The first-order valence-electron chi connectivity index (χ1n) is 8.01. The number of carbonyl (C=O) groups is 1. The number of non-ortho nitro benzene ring substituents is 1. The fourth-order valence-corrected chi connectivity index (χ4v) is 3.10. The zero-order chi connectivity index (χ0) is 17.8. The van der Waals surface area contributed by atoms with Crippen molar-refractivity contribution >= 4 is 39.0 Å². The Morgan fingerprint density at radius 3 is 2.60 bits per heavy atom. The molecule has 3 rings (SSSR count). The molecule has 1 fully saturated rings. The molecule has 0 aliphatic carbocycles. The summed E-state index contributed by atoms with van der Waals surface area (Å²) in [6, 6.07) is 7.87. The van der Waals surface area contributed by atoms with Crippen molar-refractivity contribution in [2.45, 2.75) is 19.3 Å². The van der Waals surface area contributed by atoms with Gasteiger partial charge in [0.25, 0.3) is 11.6 Å². The number of nitrogens with one attached hydrogen (secondary N) is 1. The van der Waals surface area contributed by atoms with Crippen LogP contribution in [0.15, 0.2) is 41.0 Å². The summed E-state index contributed by atoms with van der Waals surface area (Å²) in [6.45, 7) is 1.68. The second-order valence-corrected chi connectivity index (χ2v) is 6.74. The van der Waals surface area contributed by atoms with Gasteiger partial charge in [0.05, 0.1) is 16.2 Å². The number of piperidine rings is 1. The van der Waals surface area contributed by atoms with E-state index in [0.717, 1.165) is 42.5 Å². The molecule has 8 heteroatoms. The van der Waals surface area contributed by atoms with Gasteiger partial charge in [-0.25, -0.2) is 4.98 Å². The van der Waals surface area contributed by atoms with E-state index in [1.54, 1.807) is 24.4 Å². The van der Waals surface area contributed by atoms with Crippen LogP contribution in [0.4, 0.5) is 17.2 Å². The van der Waals surface area contributed by atoms with Gasteiger partial charge in [-0.3, -0.25) is 14.9 Å². The van der Waals surface area contributed by atoms with Crippen LogP contribution in [0.1, 0.15) is 29.6 Å². The van der Waals surface area contributed by atoms with Crippen LogP contribution in [0.25, 0.3) is 0 Å². The highest BCUT2D eigenvalue weighted by molar-refractivity contribution is 9.10. The molecule has 0 atom stereocenters. The van der Waals surface area contributed by atoms with Gasteiger partial charge < -0.3 is 10.2 Å². The number of benzene rings is 1. The minimum atomic E-state index is -0.491. The Kier molecular flexibility index (Phi) is 5.28. The monoisotopic (exact) mass is 404 g/mol. The average molecular weight is 405 g/mol.